The van der Waals surface area contributed by atoms with E-state index in [1.165, 1.54) is 0 Å². The SMILES string of the molecule is CCn1nc(N)cc1NC(=O)OC(C)(C)C. The third-order valence-corrected chi connectivity index (χ3v) is 1.73. The second-order valence-corrected chi connectivity index (χ2v) is 4.40. The number of aryl methyl sites for hydroxylation is 1. The molecule has 0 radical (unpaired) electrons. The van der Waals surface area contributed by atoms with Gasteiger partial charge in [0.05, 0.1) is 0 Å². The average molecular weight is 226 g/mol. The summed E-state index contributed by atoms with van der Waals surface area (Å²) in [6.45, 7) is 7.95. The number of hydrogen-bond donors (Lipinski definition) is 2. The first-order valence-electron chi connectivity index (χ1n) is 5.15. The highest BCUT2D eigenvalue weighted by molar-refractivity contribution is 5.84. The van der Waals surface area contributed by atoms with E-state index in [-0.39, 0.29) is 0 Å². The zero-order valence-electron chi connectivity index (χ0n) is 10.1. The minimum atomic E-state index is -0.521. The van der Waals surface area contributed by atoms with Crippen LogP contribution in [0, 0.1) is 0 Å². The Morgan fingerprint density at radius 2 is 2.25 bits per heavy atom. The first kappa shape index (κ1) is 12.4. The second-order valence-electron chi connectivity index (χ2n) is 4.40. The Morgan fingerprint density at radius 1 is 1.62 bits per heavy atom. The molecular formula is C10H18N4O2. The summed E-state index contributed by atoms with van der Waals surface area (Å²) in [6.07, 6.45) is -0.512. The third-order valence-electron chi connectivity index (χ3n) is 1.73. The van der Waals surface area contributed by atoms with Crippen LogP contribution in [0.3, 0.4) is 0 Å². The van der Waals surface area contributed by atoms with Gasteiger partial charge in [0.25, 0.3) is 0 Å². The predicted molar refractivity (Wildman–Crippen MR) is 62.2 cm³/mol. The summed E-state index contributed by atoms with van der Waals surface area (Å²) >= 11 is 0. The molecule has 1 amide bonds. The van der Waals surface area contributed by atoms with Crippen molar-refractivity contribution >= 4 is 17.7 Å². The van der Waals surface area contributed by atoms with Crippen molar-refractivity contribution in [2.24, 2.45) is 0 Å². The van der Waals surface area contributed by atoms with Gasteiger partial charge in [-0.05, 0) is 27.7 Å². The molecule has 1 aromatic heterocycles. The molecular weight excluding hydrogens is 208 g/mol. The Morgan fingerprint density at radius 3 is 2.75 bits per heavy atom. The Bertz CT molecular complexity index is 379. The monoisotopic (exact) mass is 226 g/mol. The fraction of sp³-hybridized carbons (Fsp3) is 0.600. The minimum absolute atomic E-state index is 0.368. The number of carbonyl (C=O) groups is 1. The summed E-state index contributed by atoms with van der Waals surface area (Å²) in [6, 6.07) is 1.59. The highest BCUT2D eigenvalue weighted by Crippen LogP contribution is 2.14. The van der Waals surface area contributed by atoms with Gasteiger partial charge >= 0.3 is 6.09 Å². The lowest BCUT2D eigenvalue weighted by Crippen LogP contribution is -2.28. The van der Waals surface area contributed by atoms with Crippen molar-refractivity contribution in [1.29, 1.82) is 0 Å². The van der Waals surface area contributed by atoms with Crippen molar-refractivity contribution in [3.63, 3.8) is 0 Å². The number of nitrogens with zero attached hydrogens (tertiary/aromatic N) is 2. The zero-order valence-corrected chi connectivity index (χ0v) is 10.1. The number of carbonyl (C=O) groups excluding carboxylic acids is 1. The lowest BCUT2D eigenvalue weighted by Gasteiger charge is -2.19. The van der Waals surface area contributed by atoms with Crippen LogP contribution in [0.15, 0.2) is 6.07 Å². The van der Waals surface area contributed by atoms with Crippen molar-refractivity contribution in [1.82, 2.24) is 9.78 Å². The number of amides is 1. The largest absolute Gasteiger partial charge is 0.444 e. The van der Waals surface area contributed by atoms with E-state index in [9.17, 15) is 4.79 Å². The smallest absolute Gasteiger partial charge is 0.413 e. The second kappa shape index (κ2) is 4.42. The molecule has 0 fully saturated rings. The number of nitrogens with two attached hydrogens (primary N) is 1. The van der Waals surface area contributed by atoms with Gasteiger partial charge in [-0.2, -0.15) is 5.10 Å². The number of anilines is 2. The van der Waals surface area contributed by atoms with Crippen LogP contribution in [-0.2, 0) is 11.3 Å². The van der Waals surface area contributed by atoms with Gasteiger partial charge in [-0.15, -0.1) is 0 Å². The maximum absolute atomic E-state index is 11.5. The molecule has 6 heteroatoms. The van der Waals surface area contributed by atoms with Crippen LogP contribution in [0.2, 0.25) is 0 Å². The van der Waals surface area contributed by atoms with E-state index < -0.39 is 11.7 Å². The van der Waals surface area contributed by atoms with Crippen LogP contribution in [0.1, 0.15) is 27.7 Å². The van der Waals surface area contributed by atoms with Crippen LogP contribution in [0.25, 0.3) is 0 Å². The van der Waals surface area contributed by atoms with Crippen molar-refractivity contribution in [2.75, 3.05) is 11.1 Å². The summed E-state index contributed by atoms with van der Waals surface area (Å²) in [5.41, 5.74) is 5.01. The average Bonchev–Trinajstić information content (AvgIpc) is 2.42. The van der Waals surface area contributed by atoms with Crippen molar-refractivity contribution in [3.05, 3.63) is 6.07 Å². The standard InChI is InChI=1S/C10H18N4O2/c1-5-14-8(6-7(11)13-14)12-9(15)16-10(2,3)4/h6H,5H2,1-4H3,(H2,11,13)(H,12,15). The summed E-state index contributed by atoms with van der Waals surface area (Å²) < 4.78 is 6.71. The number of ether oxygens (including phenoxy) is 1. The molecule has 0 aliphatic rings. The number of hydrogen-bond acceptors (Lipinski definition) is 4. The quantitative estimate of drug-likeness (QED) is 0.806. The predicted octanol–water partition coefficient (Wildman–Crippen LogP) is 1.83. The van der Waals surface area contributed by atoms with Crippen molar-refractivity contribution < 1.29 is 9.53 Å². The summed E-state index contributed by atoms with van der Waals surface area (Å²) in [5.74, 6) is 0.905. The molecule has 0 unspecified atom stereocenters. The van der Waals surface area contributed by atoms with E-state index in [2.05, 4.69) is 10.4 Å². The van der Waals surface area contributed by atoms with Crippen molar-refractivity contribution in [2.45, 2.75) is 39.8 Å². The van der Waals surface area contributed by atoms with E-state index >= 15 is 0 Å². The van der Waals surface area contributed by atoms with Crippen LogP contribution in [0.4, 0.5) is 16.4 Å². The molecule has 0 bridgehead atoms. The van der Waals surface area contributed by atoms with E-state index in [4.69, 9.17) is 10.5 Å². The van der Waals surface area contributed by atoms with Gasteiger partial charge in [0, 0.05) is 12.6 Å². The molecule has 1 heterocycles. The molecule has 1 rings (SSSR count). The first-order valence-corrected chi connectivity index (χ1v) is 5.15. The third kappa shape index (κ3) is 3.45. The molecule has 0 spiro atoms. The van der Waals surface area contributed by atoms with Gasteiger partial charge in [-0.25, -0.2) is 9.48 Å². The van der Waals surface area contributed by atoms with Gasteiger partial charge in [0.15, 0.2) is 0 Å². The molecule has 0 atom stereocenters. The normalized spacial score (nSPS) is 11.2. The first-order chi connectivity index (χ1) is 7.31. The topological polar surface area (TPSA) is 82.2 Å². The Labute approximate surface area is 94.8 Å². The van der Waals surface area contributed by atoms with Crippen LogP contribution in [-0.4, -0.2) is 21.5 Å². The number of rotatable bonds is 2. The lowest BCUT2D eigenvalue weighted by atomic mass is 10.2. The molecule has 6 nitrogen and oxygen atoms in total. The Kier molecular flexibility index (Phi) is 3.41. The highest BCUT2D eigenvalue weighted by atomic mass is 16.6. The van der Waals surface area contributed by atoms with Gasteiger partial charge in [0.1, 0.15) is 17.2 Å². The van der Waals surface area contributed by atoms with Gasteiger partial charge in [-0.3, -0.25) is 5.32 Å². The fourth-order valence-electron chi connectivity index (χ4n) is 1.19. The molecule has 0 aromatic carbocycles. The van der Waals surface area contributed by atoms with Gasteiger partial charge < -0.3 is 10.5 Å². The van der Waals surface area contributed by atoms with E-state index in [0.717, 1.165) is 0 Å². The van der Waals surface area contributed by atoms with E-state index in [1.807, 2.05) is 6.92 Å². The van der Waals surface area contributed by atoms with Crippen molar-refractivity contribution in [3.8, 4) is 0 Å². The Hall–Kier alpha value is -1.72. The summed E-state index contributed by atoms with van der Waals surface area (Å²) in [7, 11) is 0. The molecule has 16 heavy (non-hydrogen) atoms. The van der Waals surface area contributed by atoms with E-state index in [1.54, 1.807) is 31.5 Å². The highest BCUT2D eigenvalue weighted by Gasteiger charge is 2.17. The fourth-order valence-corrected chi connectivity index (χ4v) is 1.19. The molecule has 0 aliphatic heterocycles. The van der Waals surface area contributed by atoms with E-state index in [0.29, 0.717) is 18.2 Å². The molecule has 0 saturated heterocycles. The number of nitrogen functional groups attached to an aromatic ring is 1. The summed E-state index contributed by atoms with van der Waals surface area (Å²) in [5, 5.41) is 6.60. The zero-order chi connectivity index (χ0) is 12.3. The summed E-state index contributed by atoms with van der Waals surface area (Å²) in [4.78, 5) is 11.5. The molecule has 1 aromatic rings. The maximum atomic E-state index is 11.5. The van der Waals surface area contributed by atoms with Gasteiger partial charge in [0.2, 0.25) is 0 Å². The molecule has 90 valence electrons. The van der Waals surface area contributed by atoms with Gasteiger partial charge in [-0.1, -0.05) is 0 Å². The van der Waals surface area contributed by atoms with Crippen LogP contribution in [0.5, 0.6) is 0 Å². The maximum Gasteiger partial charge on any atom is 0.413 e. The molecule has 0 aliphatic carbocycles. The molecule has 0 saturated carbocycles. The van der Waals surface area contributed by atoms with Crippen LogP contribution >= 0.6 is 0 Å². The van der Waals surface area contributed by atoms with Crippen LogP contribution < -0.4 is 11.1 Å². The minimum Gasteiger partial charge on any atom is -0.444 e. The lowest BCUT2D eigenvalue weighted by molar-refractivity contribution is 0.0634. The molecule has 3 N–H and O–H groups in total. The number of nitrogens with one attached hydrogen (secondary N) is 1. The number of aromatic nitrogens is 2. The Balaban J connectivity index is 2.69.